The largest absolute Gasteiger partial charge is 0.416 e. The Hall–Kier alpha value is -1.64. The highest BCUT2D eigenvalue weighted by Gasteiger charge is 2.32. The maximum atomic E-state index is 12.8. The van der Waals surface area contributed by atoms with Crippen molar-refractivity contribution in [3.8, 4) is 0 Å². The topological polar surface area (TPSA) is 68.0 Å². The zero-order chi connectivity index (χ0) is 18.0. The molecule has 2 rings (SSSR count). The minimum Gasteiger partial charge on any atom is -0.350 e. The molecule has 0 radical (unpaired) electrons. The molecule has 0 spiro atoms. The first-order chi connectivity index (χ1) is 11.1. The molecular formula is C16H19ClF3N3OS. The number of nitrogens with one attached hydrogen (secondary N) is 1. The highest BCUT2D eigenvalue weighted by molar-refractivity contribution is 7.09. The molecule has 138 valence electrons. The lowest BCUT2D eigenvalue weighted by Gasteiger charge is -2.26. The molecule has 0 atom stereocenters. The van der Waals surface area contributed by atoms with Crippen LogP contribution in [0.15, 0.2) is 29.6 Å². The van der Waals surface area contributed by atoms with Gasteiger partial charge in [0.25, 0.3) is 5.91 Å². The molecule has 1 aromatic carbocycles. The third-order valence-corrected chi connectivity index (χ3v) is 4.49. The van der Waals surface area contributed by atoms with Crippen LogP contribution in [-0.4, -0.2) is 17.4 Å². The Kier molecular flexibility index (Phi) is 6.99. The molecule has 3 N–H and O–H groups in total. The molecule has 0 saturated carbocycles. The van der Waals surface area contributed by atoms with Crippen LogP contribution in [0.3, 0.4) is 0 Å². The third-order valence-electron chi connectivity index (χ3n) is 3.62. The number of hydrogen-bond acceptors (Lipinski definition) is 4. The first kappa shape index (κ1) is 21.4. The molecule has 9 heteroatoms. The Bertz CT molecular complexity index is 731. The van der Waals surface area contributed by atoms with Crippen LogP contribution in [0.25, 0.3) is 0 Å². The van der Waals surface area contributed by atoms with Gasteiger partial charge in [-0.25, -0.2) is 4.98 Å². The fourth-order valence-corrected chi connectivity index (χ4v) is 2.77. The molecule has 0 aliphatic heterocycles. The van der Waals surface area contributed by atoms with Gasteiger partial charge in [0.2, 0.25) is 0 Å². The Labute approximate surface area is 154 Å². The van der Waals surface area contributed by atoms with E-state index in [1.54, 1.807) is 25.3 Å². The van der Waals surface area contributed by atoms with E-state index in [1.807, 2.05) is 0 Å². The molecular weight excluding hydrogens is 375 g/mol. The lowest BCUT2D eigenvalue weighted by Crippen LogP contribution is -2.37. The van der Waals surface area contributed by atoms with Gasteiger partial charge in [0.1, 0.15) is 10.7 Å². The summed E-state index contributed by atoms with van der Waals surface area (Å²) in [5.41, 5.74) is 4.85. The molecule has 0 bridgehead atoms. The van der Waals surface area contributed by atoms with Crippen LogP contribution in [-0.2, 0) is 18.1 Å². The van der Waals surface area contributed by atoms with E-state index in [0.29, 0.717) is 10.6 Å². The fraction of sp³-hybridized carbons (Fsp3) is 0.375. The molecule has 1 heterocycles. The predicted octanol–water partition coefficient (Wildman–Crippen LogP) is 3.75. The van der Waals surface area contributed by atoms with Crippen molar-refractivity contribution in [3.63, 3.8) is 0 Å². The number of alkyl halides is 3. The normalized spacial score (nSPS) is 11.8. The van der Waals surface area contributed by atoms with Crippen molar-refractivity contribution in [2.45, 2.75) is 32.0 Å². The Morgan fingerprint density at radius 2 is 1.92 bits per heavy atom. The quantitative estimate of drug-likeness (QED) is 0.812. The summed E-state index contributed by atoms with van der Waals surface area (Å²) in [6, 6.07) is 5.13. The summed E-state index contributed by atoms with van der Waals surface area (Å²) in [5.74, 6) is -0.369. The Morgan fingerprint density at radius 1 is 1.28 bits per heavy atom. The van der Waals surface area contributed by atoms with Crippen LogP contribution in [0, 0.1) is 0 Å². The number of rotatable bonds is 5. The van der Waals surface area contributed by atoms with E-state index in [2.05, 4.69) is 10.3 Å². The number of aromatic nitrogens is 1. The van der Waals surface area contributed by atoms with Gasteiger partial charge < -0.3 is 11.1 Å². The van der Waals surface area contributed by atoms with Crippen molar-refractivity contribution in [1.82, 2.24) is 10.3 Å². The van der Waals surface area contributed by atoms with Crippen molar-refractivity contribution >= 4 is 29.7 Å². The van der Waals surface area contributed by atoms with E-state index < -0.39 is 17.2 Å². The number of nitrogens with two attached hydrogens (primary N) is 1. The summed E-state index contributed by atoms with van der Waals surface area (Å²) in [5, 5.41) is 4.97. The molecule has 0 unspecified atom stereocenters. The van der Waals surface area contributed by atoms with E-state index in [4.69, 9.17) is 5.73 Å². The van der Waals surface area contributed by atoms with Crippen LogP contribution < -0.4 is 11.1 Å². The van der Waals surface area contributed by atoms with Crippen LogP contribution in [0.4, 0.5) is 13.2 Å². The second-order valence-corrected chi connectivity index (χ2v) is 6.92. The molecule has 0 fully saturated rings. The van der Waals surface area contributed by atoms with Crippen molar-refractivity contribution < 1.29 is 18.0 Å². The van der Waals surface area contributed by atoms with Gasteiger partial charge in [-0.2, -0.15) is 13.2 Å². The summed E-state index contributed by atoms with van der Waals surface area (Å²) in [7, 11) is 0. The van der Waals surface area contributed by atoms with Crippen LogP contribution in [0.2, 0.25) is 0 Å². The number of carbonyl (C=O) groups is 1. The summed E-state index contributed by atoms with van der Waals surface area (Å²) in [4.78, 5) is 16.2. The van der Waals surface area contributed by atoms with Gasteiger partial charge in [-0.05, 0) is 11.6 Å². The predicted molar refractivity (Wildman–Crippen MR) is 94.1 cm³/mol. The molecule has 25 heavy (non-hydrogen) atoms. The number of hydrogen-bond donors (Lipinski definition) is 2. The second kappa shape index (κ2) is 8.16. The number of nitrogens with zero attached hydrogens (tertiary/aromatic N) is 1. The summed E-state index contributed by atoms with van der Waals surface area (Å²) >= 11 is 1.29. The Balaban J connectivity index is 0.00000312. The molecule has 0 saturated heterocycles. The summed E-state index contributed by atoms with van der Waals surface area (Å²) in [6.07, 6.45) is -4.39. The van der Waals surface area contributed by atoms with Gasteiger partial charge in [-0.3, -0.25) is 4.79 Å². The van der Waals surface area contributed by atoms with Crippen molar-refractivity contribution in [3.05, 3.63) is 51.5 Å². The van der Waals surface area contributed by atoms with Gasteiger partial charge in [-0.1, -0.05) is 32.0 Å². The van der Waals surface area contributed by atoms with Gasteiger partial charge >= 0.3 is 6.18 Å². The molecule has 0 aliphatic rings. The summed E-state index contributed by atoms with van der Waals surface area (Å²) < 4.78 is 38.5. The van der Waals surface area contributed by atoms with Crippen LogP contribution >= 0.6 is 23.7 Å². The van der Waals surface area contributed by atoms with E-state index in [9.17, 15) is 18.0 Å². The highest BCUT2D eigenvalue weighted by Crippen LogP contribution is 2.32. The zero-order valence-electron chi connectivity index (χ0n) is 13.7. The van der Waals surface area contributed by atoms with E-state index in [-0.39, 0.29) is 37.1 Å². The number of halogens is 4. The lowest BCUT2D eigenvalue weighted by atomic mass is 9.83. The highest BCUT2D eigenvalue weighted by atomic mass is 35.5. The van der Waals surface area contributed by atoms with Crippen molar-refractivity contribution in [2.75, 3.05) is 6.54 Å². The smallest absolute Gasteiger partial charge is 0.350 e. The SMILES string of the molecule is CC(C)(CNC(=O)c1csc(CN)n1)c1cccc(C(F)(F)F)c1.Cl. The van der Waals surface area contributed by atoms with E-state index >= 15 is 0 Å². The third kappa shape index (κ3) is 5.42. The monoisotopic (exact) mass is 393 g/mol. The minimum absolute atomic E-state index is 0. The molecule has 2 aromatic rings. The zero-order valence-corrected chi connectivity index (χ0v) is 15.3. The first-order valence-electron chi connectivity index (χ1n) is 7.24. The van der Waals surface area contributed by atoms with E-state index in [1.165, 1.54) is 17.4 Å². The average molecular weight is 394 g/mol. The number of carbonyl (C=O) groups excluding carboxylic acids is 1. The molecule has 0 aliphatic carbocycles. The minimum atomic E-state index is -4.39. The van der Waals surface area contributed by atoms with E-state index in [0.717, 1.165) is 12.1 Å². The van der Waals surface area contributed by atoms with Gasteiger partial charge in [0.05, 0.1) is 5.56 Å². The number of thiazole rings is 1. The maximum Gasteiger partial charge on any atom is 0.416 e. The van der Waals surface area contributed by atoms with Gasteiger partial charge in [0, 0.05) is 23.9 Å². The first-order valence-corrected chi connectivity index (χ1v) is 8.12. The van der Waals surface area contributed by atoms with Gasteiger partial charge in [0.15, 0.2) is 0 Å². The Morgan fingerprint density at radius 3 is 2.48 bits per heavy atom. The van der Waals surface area contributed by atoms with Crippen molar-refractivity contribution in [2.24, 2.45) is 5.73 Å². The number of amides is 1. The van der Waals surface area contributed by atoms with Gasteiger partial charge in [-0.15, -0.1) is 23.7 Å². The molecule has 4 nitrogen and oxygen atoms in total. The van der Waals surface area contributed by atoms with Crippen molar-refractivity contribution in [1.29, 1.82) is 0 Å². The second-order valence-electron chi connectivity index (χ2n) is 5.98. The van der Waals surface area contributed by atoms with Crippen LogP contribution in [0.5, 0.6) is 0 Å². The lowest BCUT2D eigenvalue weighted by molar-refractivity contribution is -0.137. The summed E-state index contributed by atoms with van der Waals surface area (Å²) in [6.45, 7) is 3.99. The number of benzene rings is 1. The van der Waals surface area contributed by atoms with Crippen LogP contribution in [0.1, 0.15) is 40.5 Å². The maximum absolute atomic E-state index is 12.8. The average Bonchev–Trinajstić information content (AvgIpc) is 3.01. The molecule has 1 amide bonds. The fourth-order valence-electron chi connectivity index (χ4n) is 2.12. The standard InChI is InChI=1S/C16H18F3N3OS.ClH/c1-15(2,10-4-3-5-11(6-10)16(17,18)19)9-21-14(23)12-8-24-13(7-20)22-12;/h3-6,8H,7,9,20H2,1-2H3,(H,21,23);1H. The molecule has 1 aromatic heterocycles.